The van der Waals surface area contributed by atoms with Crippen molar-refractivity contribution in [2.45, 2.75) is 96.8 Å². The van der Waals surface area contributed by atoms with E-state index in [0.717, 1.165) is 0 Å². The highest BCUT2D eigenvalue weighted by molar-refractivity contribution is 5.96. The van der Waals surface area contributed by atoms with E-state index in [2.05, 4.69) is 10.6 Å². The van der Waals surface area contributed by atoms with Gasteiger partial charge in [0.2, 0.25) is 23.6 Å². The Morgan fingerprint density at radius 3 is 2.14 bits per heavy atom. The number of piperidine rings is 1. The number of rotatable bonds is 7. The number of nitriles is 1. The first-order valence-electron chi connectivity index (χ1n) is 13.8. The van der Waals surface area contributed by atoms with E-state index >= 15 is 0 Å². The van der Waals surface area contributed by atoms with Crippen LogP contribution in [-0.2, 0) is 19.2 Å². The summed E-state index contributed by atoms with van der Waals surface area (Å²) in [7, 11) is 0. The third kappa shape index (κ3) is 5.53. The molecule has 1 unspecified atom stereocenters. The highest BCUT2D eigenvalue weighted by Gasteiger charge is 2.71. The quantitative estimate of drug-likeness (QED) is 0.383. The van der Waals surface area contributed by atoms with E-state index in [1.54, 1.807) is 26.8 Å². The third-order valence-electron chi connectivity index (χ3n) is 9.47. The molecule has 2 saturated carbocycles. The summed E-state index contributed by atoms with van der Waals surface area (Å²) in [6, 6.07) is -4.12. The number of halogens is 6. The SMILES string of the molecule is CC(C)(C)[C@H](NC(=O)C1(C(F)(F)F)CC1)C(=O)N1C[C@H]2[C@@H]([C@H]1C(=O)N[C@H](C#N)C[C@@H]1CC(C(F)(F)F)NC1=O)C2(C)C. The van der Waals surface area contributed by atoms with Crippen LogP contribution in [-0.4, -0.2) is 71.6 Å². The minimum Gasteiger partial charge on any atom is -0.344 e. The van der Waals surface area contributed by atoms with Crippen molar-refractivity contribution < 1.29 is 45.5 Å². The Kier molecular flexibility index (Phi) is 7.60. The smallest absolute Gasteiger partial charge is 0.344 e. The molecule has 0 aromatic heterocycles. The lowest BCUT2D eigenvalue weighted by atomic mass is 9.84. The fraction of sp³-hybridized carbons (Fsp3) is 0.815. The fourth-order valence-corrected chi connectivity index (χ4v) is 6.51. The molecule has 2 aliphatic carbocycles. The summed E-state index contributed by atoms with van der Waals surface area (Å²) < 4.78 is 80.0. The van der Waals surface area contributed by atoms with Crippen molar-refractivity contribution in [3.05, 3.63) is 0 Å². The molecule has 4 rings (SSSR count). The number of nitrogens with one attached hydrogen (secondary N) is 3. The van der Waals surface area contributed by atoms with Gasteiger partial charge in [-0.05, 0) is 48.3 Å². The Bertz CT molecular complexity index is 1200. The van der Waals surface area contributed by atoms with Crippen LogP contribution >= 0.6 is 0 Å². The van der Waals surface area contributed by atoms with Gasteiger partial charge in [0, 0.05) is 12.5 Å². The Labute approximate surface area is 239 Å². The molecule has 7 atom stereocenters. The van der Waals surface area contributed by atoms with Gasteiger partial charge in [0.25, 0.3) is 0 Å². The van der Waals surface area contributed by atoms with E-state index in [1.165, 1.54) is 4.90 Å². The van der Waals surface area contributed by atoms with Crippen LogP contribution in [0.2, 0.25) is 0 Å². The summed E-state index contributed by atoms with van der Waals surface area (Å²) in [5, 5.41) is 16.3. The van der Waals surface area contributed by atoms with E-state index < -0.39 is 96.2 Å². The summed E-state index contributed by atoms with van der Waals surface area (Å²) in [5.74, 6) is -5.34. The maximum absolute atomic E-state index is 13.8. The molecule has 0 bridgehead atoms. The van der Waals surface area contributed by atoms with E-state index in [-0.39, 0.29) is 30.2 Å². The molecule has 15 heteroatoms. The van der Waals surface area contributed by atoms with Gasteiger partial charge in [-0.2, -0.15) is 31.6 Å². The van der Waals surface area contributed by atoms with Gasteiger partial charge in [0.05, 0.1) is 6.07 Å². The van der Waals surface area contributed by atoms with Crippen molar-refractivity contribution in [3.8, 4) is 6.07 Å². The zero-order valence-corrected chi connectivity index (χ0v) is 23.9. The molecule has 0 aromatic rings. The van der Waals surface area contributed by atoms with E-state index in [0.29, 0.717) is 0 Å². The molecule has 3 N–H and O–H groups in total. The minimum absolute atomic E-state index is 0.0942. The van der Waals surface area contributed by atoms with Gasteiger partial charge >= 0.3 is 12.4 Å². The first-order chi connectivity index (χ1) is 19.1. The van der Waals surface area contributed by atoms with Crippen molar-refractivity contribution in [3.63, 3.8) is 0 Å². The third-order valence-corrected chi connectivity index (χ3v) is 9.47. The van der Waals surface area contributed by atoms with Crippen molar-refractivity contribution >= 4 is 23.6 Å². The Hall–Kier alpha value is -3.05. The summed E-state index contributed by atoms with van der Waals surface area (Å²) in [5.41, 5.74) is -3.96. The summed E-state index contributed by atoms with van der Waals surface area (Å²) in [6.45, 7) is 8.59. The molecule has 0 aromatic carbocycles. The van der Waals surface area contributed by atoms with Gasteiger partial charge < -0.3 is 20.9 Å². The Balaban J connectivity index is 1.51. The molecule has 0 radical (unpaired) electrons. The second kappa shape index (κ2) is 10.0. The predicted octanol–water partition coefficient (Wildman–Crippen LogP) is 2.81. The lowest BCUT2D eigenvalue weighted by Crippen LogP contribution is -2.61. The number of likely N-dealkylation sites (tertiary alicyclic amines) is 1. The van der Waals surface area contributed by atoms with Gasteiger partial charge in [-0.1, -0.05) is 34.6 Å². The number of carbonyl (C=O) groups is 4. The summed E-state index contributed by atoms with van der Waals surface area (Å²) in [4.78, 5) is 53.5. The van der Waals surface area contributed by atoms with Crippen LogP contribution in [0.4, 0.5) is 26.3 Å². The molecule has 234 valence electrons. The highest BCUT2D eigenvalue weighted by atomic mass is 19.4. The van der Waals surface area contributed by atoms with Crippen LogP contribution < -0.4 is 16.0 Å². The molecule has 2 heterocycles. The molecule has 4 fully saturated rings. The lowest BCUT2D eigenvalue weighted by molar-refractivity contribution is -0.193. The largest absolute Gasteiger partial charge is 0.408 e. The van der Waals surface area contributed by atoms with Gasteiger partial charge in [0.15, 0.2) is 0 Å². The van der Waals surface area contributed by atoms with Crippen LogP contribution in [0.15, 0.2) is 0 Å². The monoisotopic (exact) mass is 607 g/mol. The van der Waals surface area contributed by atoms with Crippen molar-refractivity contribution in [1.29, 1.82) is 5.26 Å². The second-order valence-corrected chi connectivity index (χ2v) is 13.7. The minimum atomic E-state index is -4.78. The topological polar surface area (TPSA) is 131 Å². The lowest BCUT2D eigenvalue weighted by Gasteiger charge is -2.38. The highest BCUT2D eigenvalue weighted by Crippen LogP contribution is 2.65. The Morgan fingerprint density at radius 1 is 1.10 bits per heavy atom. The van der Waals surface area contributed by atoms with Crippen LogP contribution in [0.1, 0.15) is 60.3 Å². The van der Waals surface area contributed by atoms with Crippen LogP contribution in [0.5, 0.6) is 0 Å². The number of nitrogens with zero attached hydrogens (tertiary/aromatic N) is 2. The number of fused-ring (bicyclic) bond motifs is 1. The molecule has 2 saturated heterocycles. The predicted molar refractivity (Wildman–Crippen MR) is 134 cm³/mol. The number of hydrogen-bond donors (Lipinski definition) is 3. The van der Waals surface area contributed by atoms with Crippen molar-refractivity contribution in [1.82, 2.24) is 20.9 Å². The molecular weight excluding hydrogens is 572 g/mol. The van der Waals surface area contributed by atoms with Gasteiger partial charge in [-0.25, -0.2) is 0 Å². The van der Waals surface area contributed by atoms with Gasteiger partial charge in [-0.15, -0.1) is 0 Å². The van der Waals surface area contributed by atoms with Crippen molar-refractivity contribution in [2.75, 3.05) is 6.54 Å². The van der Waals surface area contributed by atoms with Gasteiger partial charge in [-0.3, -0.25) is 19.2 Å². The van der Waals surface area contributed by atoms with Crippen molar-refractivity contribution in [2.24, 2.45) is 34.0 Å². The zero-order chi connectivity index (χ0) is 31.8. The number of hydrogen-bond acceptors (Lipinski definition) is 5. The fourth-order valence-electron chi connectivity index (χ4n) is 6.51. The average Bonchev–Trinajstić information content (AvgIpc) is 3.63. The normalized spacial score (nSPS) is 30.9. The van der Waals surface area contributed by atoms with Gasteiger partial charge in [0.1, 0.15) is 29.6 Å². The molecule has 4 aliphatic rings. The standard InChI is InChI=1S/C27H35F6N5O4/c1-23(2,3)18(37-22(42)25(6-7-25)27(31,32)33)21(41)38-11-14-16(24(14,4)5)17(38)20(40)35-13(10-34)8-12-9-15(26(28,29)30)36-19(12)39/h12-18H,6-9,11H2,1-5H3,(H,35,40)(H,36,39)(H,37,42)/t12-,13+,14+,15?,16+,17+,18-/m1/s1. The van der Waals surface area contributed by atoms with Crippen LogP contribution in [0.3, 0.4) is 0 Å². The van der Waals surface area contributed by atoms with E-state index in [4.69, 9.17) is 0 Å². The molecule has 0 spiro atoms. The Morgan fingerprint density at radius 2 is 1.69 bits per heavy atom. The molecule has 42 heavy (non-hydrogen) atoms. The average molecular weight is 608 g/mol. The number of carbonyl (C=O) groups excluding carboxylic acids is 4. The van der Waals surface area contributed by atoms with Crippen LogP contribution in [0.25, 0.3) is 0 Å². The maximum atomic E-state index is 13.8. The maximum Gasteiger partial charge on any atom is 0.408 e. The van der Waals surface area contributed by atoms with E-state index in [1.807, 2.05) is 19.2 Å². The number of alkyl halides is 6. The molecule has 9 nitrogen and oxygen atoms in total. The number of amides is 4. The van der Waals surface area contributed by atoms with Crippen LogP contribution in [0, 0.1) is 45.3 Å². The molecule has 2 aliphatic heterocycles. The second-order valence-electron chi connectivity index (χ2n) is 13.7. The summed E-state index contributed by atoms with van der Waals surface area (Å²) >= 11 is 0. The summed E-state index contributed by atoms with van der Waals surface area (Å²) in [6.07, 6.45) is -11.2. The zero-order valence-electron chi connectivity index (χ0n) is 23.9. The molecule has 4 amide bonds. The first kappa shape index (κ1) is 31.9. The van der Waals surface area contributed by atoms with E-state index in [9.17, 15) is 50.8 Å². The molecular formula is C27H35F6N5O4. The first-order valence-corrected chi connectivity index (χ1v) is 13.8.